The van der Waals surface area contributed by atoms with Crippen molar-refractivity contribution in [3.63, 3.8) is 0 Å². The fourth-order valence-corrected chi connectivity index (χ4v) is 3.56. The molecule has 1 atom stereocenters. The van der Waals surface area contributed by atoms with Crippen molar-refractivity contribution < 1.29 is 9.53 Å². The van der Waals surface area contributed by atoms with Crippen molar-refractivity contribution in [2.45, 2.75) is 38.2 Å². The van der Waals surface area contributed by atoms with Gasteiger partial charge in [0.1, 0.15) is 0 Å². The summed E-state index contributed by atoms with van der Waals surface area (Å²) < 4.78 is 5.55. The van der Waals surface area contributed by atoms with Gasteiger partial charge in [0.2, 0.25) is 0 Å². The zero-order chi connectivity index (χ0) is 14.2. The van der Waals surface area contributed by atoms with Gasteiger partial charge in [0.05, 0.1) is 17.2 Å². The number of carbonyl (C=O) groups is 1. The number of rotatable bonds is 3. The van der Waals surface area contributed by atoms with E-state index >= 15 is 0 Å². The Hall–Kier alpha value is -1.81. The smallest absolute Gasteiger partial charge is 0.253 e. The highest BCUT2D eigenvalue weighted by Crippen LogP contribution is 2.31. The summed E-state index contributed by atoms with van der Waals surface area (Å²) in [7, 11) is 0. The summed E-state index contributed by atoms with van der Waals surface area (Å²) in [5.74, 6) is -0.00368. The summed E-state index contributed by atoms with van der Waals surface area (Å²) in [5, 5.41) is 4.23. The lowest BCUT2D eigenvalue weighted by Gasteiger charge is -2.11. The van der Waals surface area contributed by atoms with Gasteiger partial charge in [0, 0.05) is 24.2 Å². The predicted molar refractivity (Wildman–Crippen MR) is 81.6 cm³/mol. The fourth-order valence-electron chi connectivity index (χ4n) is 3.56. The summed E-state index contributed by atoms with van der Waals surface area (Å²) in [6, 6.07) is 6.00. The van der Waals surface area contributed by atoms with Crippen molar-refractivity contribution in [1.29, 1.82) is 0 Å². The number of ether oxygens (including phenoxy) is 1. The molecular weight excluding hydrogens is 264 g/mol. The van der Waals surface area contributed by atoms with Crippen molar-refractivity contribution in [2.75, 3.05) is 13.2 Å². The Morgan fingerprint density at radius 3 is 3.14 bits per heavy atom. The van der Waals surface area contributed by atoms with Crippen LogP contribution in [0.2, 0.25) is 0 Å². The van der Waals surface area contributed by atoms with Crippen molar-refractivity contribution in [1.82, 2.24) is 10.3 Å². The molecule has 1 aromatic carbocycles. The lowest BCUT2D eigenvalue weighted by Crippen LogP contribution is -2.31. The number of fused-ring (bicyclic) bond motifs is 3. The molecule has 1 aliphatic carbocycles. The average Bonchev–Trinajstić information content (AvgIpc) is 3.20. The molecule has 2 heterocycles. The van der Waals surface area contributed by atoms with E-state index in [1.807, 2.05) is 12.1 Å². The van der Waals surface area contributed by atoms with E-state index in [9.17, 15) is 4.79 Å². The van der Waals surface area contributed by atoms with Gasteiger partial charge in [-0.05, 0) is 43.7 Å². The minimum absolute atomic E-state index is 0.00368. The third-order valence-electron chi connectivity index (χ3n) is 4.64. The second kappa shape index (κ2) is 5.19. The number of benzene rings is 1. The number of hydrogen-bond acceptors (Lipinski definition) is 2. The van der Waals surface area contributed by atoms with Gasteiger partial charge in [0.15, 0.2) is 0 Å². The minimum atomic E-state index is -0.00368. The van der Waals surface area contributed by atoms with E-state index in [0.29, 0.717) is 6.54 Å². The molecule has 0 bridgehead atoms. The van der Waals surface area contributed by atoms with E-state index in [2.05, 4.69) is 16.4 Å². The van der Waals surface area contributed by atoms with Crippen LogP contribution in [0.3, 0.4) is 0 Å². The van der Waals surface area contributed by atoms with Gasteiger partial charge < -0.3 is 15.0 Å². The highest BCUT2D eigenvalue weighted by molar-refractivity contribution is 6.06. The van der Waals surface area contributed by atoms with E-state index in [-0.39, 0.29) is 12.0 Å². The standard InChI is InChI=1S/C17H20N2O2/c20-17(18-10-11-4-3-9-21-11)14-7-1-6-13-12-5-2-8-15(12)19-16(13)14/h1,6-7,11,19H,2-5,8-10H2,(H,18,20)/t11-/m0/s1. The van der Waals surface area contributed by atoms with Gasteiger partial charge in [-0.1, -0.05) is 12.1 Å². The molecule has 0 spiro atoms. The number of amides is 1. The molecule has 1 fully saturated rings. The van der Waals surface area contributed by atoms with E-state index < -0.39 is 0 Å². The van der Waals surface area contributed by atoms with Gasteiger partial charge in [0.25, 0.3) is 5.91 Å². The average molecular weight is 284 g/mol. The van der Waals surface area contributed by atoms with Crippen molar-refractivity contribution >= 4 is 16.8 Å². The van der Waals surface area contributed by atoms with Gasteiger partial charge in [-0.2, -0.15) is 0 Å². The first kappa shape index (κ1) is 12.9. The largest absolute Gasteiger partial charge is 0.376 e. The number of H-pyrrole nitrogens is 1. The second-order valence-electron chi connectivity index (χ2n) is 6.01. The van der Waals surface area contributed by atoms with Crippen LogP contribution in [0.15, 0.2) is 18.2 Å². The number of aryl methyl sites for hydroxylation is 2. The zero-order valence-electron chi connectivity index (χ0n) is 12.1. The van der Waals surface area contributed by atoms with Crippen molar-refractivity contribution in [3.8, 4) is 0 Å². The molecule has 1 aromatic heterocycles. The molecule has 1 aliphatic heterocycles. The molecule has 21 heavy (non-hydrogen) atoms. The summed E-state index contributed by atoms with van der Waals surface area (Å²) in [4.78, 5) is 15.9. The lowest BCUT2D eigenvalue weighted by atomic mass is 10.1. The maximum absolute atomic E-state index is 12.5. The quantitative estimate of drug-likeness (QED) is 0.910. The Morgan fingerprint density at radius 1 is 1.33 bits per heavy atom. The van der Waals surface area contributed by atoms with Crippen LogP contribution in [0, 0.1) is 0 Å². The van der Waals surface area contributed by atoms with Crippen LogP contribution in [-0.4, -0.2) is 30.1 Å². The minimum Gasteiger partial charge on any atom is -0.376 e. The molecule has 1 amide bonds. The van der Waals surface area contributed by atoms with Crippen molar-refractivity contribution in [2.24, 2.45) is 0 Å². The molecule has 4 nitrogen and oxygen atoms in total. The molecule has 2 aliphatic rings. The second-order valence-corrected chi connectivity index (χ2v) is 6.01. The van der Waals surface area contributed by atoms with E-state index in [4.69, 9.17) is 4.74 Å². The summed E-state index contributed by atoms with van der Waals surface area (Å²) in [5.41, 5.74) is 4.45. The SMILES string of the molecule is O=C(NC[C@@H]1CCCO1)c1cccc2c3c([nH]c12)CCC3. The number of aromatic amines is 1. The Balaban J connectivity index is 1.59. The monoisotopic (exact) mass is 284 g/mol. The Morgan fingerprint density at radius 2 is 2.29 bits per heavy atom. The van der Waals surface area contributed by atoms with Crippen LogP contribution >= 0.6 is 0 Å². The number of hydrogen-bond donors (Lipinski definition) is 2. The summed E-state index contributed by atoms with van der Waals surface area (Å²) >= 11 is 0. The fraction of sp³-hybridized carbons (Fsp3) is 0.471. The molecule has 110 valence electrons. The van der Waals surface area contributed by atoms with Gasteiger partial charge >= 0.3 is 0 Å². The molecule has 2 N–H and O–H groups in total. The first-order valence-electron chi connectivity index (χ1n) is 7.85. The summed E-state index contributed by atoms with van der Waals surface area (Å²) in [6.45, 7) is 1.43. The van der Waals surface area contributed by atoms with Crippen molar-refractivity contribution in [3.05, 3.63) is 35.0 Å². The van der Waals surface area contributed by atoms with Crippen LogP contribution in [0.5, 0.6) is 0 Å². The number of nitrogens with one attached hydrogen (secondary N) is 2. The van der Waals surface area contributed by atoms with E-state index in [0.717, 1.165) is 43.4 Å². The first-order valence-corrected chi connectivity index (χ1v) is 7.85. The molecular formula is C17H20N2O2. The first-order chi connectivity index (χ1) is 10.3. The zero-order valence-corrected chi connectivity index (χ0v) is 12.1. The molecule has 2 aromatic rings. The molecule has 0 unspecified atom stereocenters. The number of carbonyl (C=O) groups excluding carboxylic acids is 1. The van der Waals surface area contributed by atoms with Gasteiger partial charge in [-0.3, -0.25) is 4.79 Å². The highest BCUT2D eigenvalue weighted by Gasteiger charge is 2.21. The Kier molecular flexibility index (Phi) is 3.19. The lowest BCUT2D eigenvalue weighted by molar-refractivity contribution is 0.0859. The maximum Gasteiger partial charge on any atom is 0.253 e. The maximum atomic E-state index is 12.5. The highest BCUT2D eigenvalue weighted by atomic mass is 16.5. The molecule has 1 saturated heterocycles. The van der Waals surface area contributed by atoms with Crippen LogP contribution in [0.4, 0.5) is 0 Å². The van der Waals surface area contributed by atoms with Gasteiger partial charge in [-0.25, -0.2) is 0 Å². The topological polar surface area (TPSA) is 54.1 Å². The Labute approximate surface area is 123 Å². The summed E-state index contributed by atoms with van der Waals surface area (Å²) in [6.07, 6.45) is 5.76. The van der Waals surface area contributed by atoms with Crippen LogP contribution < -0.4 is 5.32 Å². The third-order valence-corrected chi connectivity index (χ3v) is 4.64. The third kappa shape index (κ3) is 2.23. The van der Waals surface area contributed by atoms with Crippen LogP contribution in [0.25, 0.3) is 10.9 Å². The number of para-hydroxylation sites is 1. The molecule has 0 saturated carbocycles. The Bertz CT molecular complexity index is 683. The molecule has 4 heteroatoms. The predicted octanol–water partition coefficient (Wildman–Crippen LogP) is 2.57. The normalized spacial score (nSPS) is 20.9. The van der Waals surface area contributed by atoms with Crippen LogP contribution in [-0.2, 0) is 17.6 Å². The molecule has 0 radical (unpaired) electrons. The van der Waals surface area contributed by atoms with E-state index in [1.165, 1.54) is 23.1 Å². The van der Waals surface area contributed by atoms with Crippen LogP contribution in [0.1, 0.15) is 40.9 Å². The van der Waals surface area contributed by atoms with E-state index in [1.54, 1.807) is 0 Å². The number of aromatic nitrogens is 1. The molecule has 4 rings (SSSR count). The van der Waals surface area contributed by atoms with Gasteiger partial charge in [-0.15, -0.1) is 0 Å².